The fraction of sp³-hybridized carbons (Fsp3) is 1.00. The summed E-state index contributed by atoms with van der Waals surface area (Å²) in [4.78, 5) is 10.1. The quantitative estimate of drug-likeness (QED) is 0.483. The fourth-order valence-electron chi connectivity index (χ4n) is 0.971. The highest BCUT2D eigenvalue weighted by atomic mass is 16.3. The summed E-state index contributed by atoms with van der Waals surface area (Å²) in [5, 5.41) is 29.3. The summed E-state index contributed by atoms with van der Waals surface area (Å²) in [5.41, 5.74) is 0. The normalized spacial score (nSPS) is 18.3. The third-order valence-electron chi connectivity index (χ3n) is 1.68. The first-order chi connectivity index (χ1) is 5.67. The molecule has 0 saturated heterocycles. The van der Waals surface area contributed by atoms with E-state index in [2.05, 4.69) is 5.18 Å². The predicted molar refractivity (Wildman–Crippen MR) is 43.6 cm³/mol. The van der Waals surface area contributed by atoms with Crippen LogP contribution in [0.4, 0.5) is 0 Å². The molecule has 0 aromatic carbocycles. The lowest BCUT2D eigenvalue weighted by Gasteiger charge is -2.19. The van der Waals surface area contributed by atoms with Gasteiger partial charge in [0, 0.05) is 0 Å². The molecule has 0 aromatic rings. The second-order valence-electron chi connectivity index (χ2n) is 2.70. The summed E-state index contributed by atoms with van der Waals surface area (Å²) in [7, 11) is 0. The van der Waals surface area contributed by atoms with E-state index in [1.54, 1.807) is 0 Å². The van der Waals surface area contributed by atoms with Gasteiger partial charge in [0.15, 0.2) is 0 Å². The molecule has 72 valence electrons. The second kappa shape index (κ2) is 6.05. The van der Waals surface area contributed by atoms with Gasteiger partial charge in [-0.3, -0.25) is 0 Å². The summed E-state index contributed by atoms with van der Waals surface area (Å²) in [6, 6.07) is -1.12. The lowest BCUT2D eigenvalue weighted by molar-refractivity contribution is 0.0186. The average Bonchev–Trinajstić information content (AvgIpc) is 2.06. The van der Waals surface area contributed by atoms with E-state index < -0.39 is 24.9 Å². The maximum atomic E-state index is 10.1. The van der Waals surface area contributed by atoms with Crippen molar-refractivity contribution in [1.82, 2.24) is 0 Å². The highest BCUT2D eigenvalue weighted by molar-refractivity contribution is 4.81. The molecule has 3 atom stereocenters. The number of nitroso groups, excluding NO2 is 1. The van der Waals surface area contributed by atoms with E-state index in [4.69, 9.17) is 10.2 Å². The largest absolute Gasteiger partial charge is 0.394 e. The van der Waals surface area contributed by atoms with Crippen LogP contribution in [0.3, 0.4) is 0 Å². The molecule has 0 aromatic heterocycles. The molecule has 0 fully saturated rings. The molecular weight excluding hydrogens is 162 g/mol. The topological polar surface area (TPSA) is 90.1 Å². The molecule has 0 aliphatic rings. The highest BCUT2D eigenvalue weighted by Crippen LogP contribution is 2.09. The first-order valence-electron chi connectivity index (χ1n) is 3.96. The van der Waals surface area contributed by atoms with Crippen LogP contribution in [-0.2, 0) is 0 Å². The smallest absolute Gasteiger partial charge is 0.146 e. The Morgan fingerprint density at radius 1 is 1.33 bits per heavy atom. The molecule has 0 bridgehead atoms. The second-order valence-corrected chi connectivity index (χ2v) is 2.70. The van der Waals surface area contributed by atoms with Crippen molar-refractivity contribution in [2.75, 3.05) is 6.61 Å². The van der Waals surface area contributed by atoms with Crippen molar-refractivity contribution in [1.29, 1.82) is 0 Å². The average molecular weight is 177 g/mol. The lowest BCUT2D eigenvalue weighted by atomic mass is 10.0. The Labute approximate surface area is 71.0 Å². The van der Waals surface area contributed by atoms with Crippen LogP contribution >= 0.6 is 0 Å². The van der Waals surface area contributed by atoms with Gasteiger partial charge in [0.25, 0.3) is 0 Å². The van der Waals surface area contributed by atoms with E-state index >= 15 is 0 Å². The summed E-state index contributed by atoms with van der Waals surface area (Å²) in [6.45, 7) is 1.29. The van der Waals surface area contributed by atoms with Crippen molar-refractivity contribution in [3.63, 3.8) is 0 Å². The minimum absolute atomic E-state index is 0.396. The van der Waals surface area contributed by atoms with Crippen molar-refractivity contribution in [3.8, 4) is 0 Å². The van der Waals surface area contributed by atoms with E-state index in [1.165, 1.54) is 0 Å². The molecule has 0 rings (SSSR count). The van der Waals surface area contributed by atoms with Gasteiger partial charge in [-0.1, -0.05) is 18.5 Å². The number of rotatable bonds is 6. The Morgan fingerprint density at radius 3 is 2.25 bits per heavy atom. The predicted octanol–water partition coefficient (Wildman–Crippen LogP) is -0.364. The Kier molecular flexibility index (Phi) is 5.79. The standard InChI is InChI=1S/C7H15NO4/c1-2-3-5(10)7(8-12)6(11)4-9/h5-7,9-11H,2-4H2,1H3. The van der Waals surface area contributed by atoms with Crippen LogP contribution in [0.2, 0.25) is 0 Å². The Morgan fingerprint density at radius 2 is 1.92 bits per heavy atom. The number of hydrogen-bond acceptors (Lipinski definition) is 5. The molecule has 0 amide bonds. The third-order valence-corrected chi connectivity index (χ3v) is 1.68. The van der Waals surface area contributed by atoms with Gasteiger partial charge >= 0.3 is 0 Å². The Bertz CT molecular complexity index is 131. The molecule has 3 N–H and O–H groups in total. The maximum Gasteiger partial charge on any atom is 0.146 e. The molecular formula is C7H15NO4. The van der Waals surface area contributed by atoms with Crippen LogP contribution in [0.25, 0.3) is 0 Å². The van der Waals surface area contributed by atoms with E-state index in [0.29, 0.717) is 12.8 Å². The van der Waals surface area contributed by atoms with Crippen LogP contribution in [0.5, 0.6) is 0 Å². The van der Waals surface area contributed by atoms with Crippen molar-refractivity contribution in [2.45, 2.75) is 38.0 Å². The van der Waals surface area contributed by atoms with Crippen LogP contribution in [0.15, 0.2) is 5.18 Å². The molecule has 0 spiro atoms. The van der Waals surface area contributed by atoms with Crippen molar-refractivity contribution in [2.24, 2.45) is 5.18 Å². The number of nitrogens with zero attached hydrogens (tertiary/aromatic N) is 1. The number of aliphatic hydroxyl groups excluding tert-OH is 3. The van der Waals surface area contributed by atoms with Gasteiger partial charge in [-0.2, -0.15) is 4.91 Å². The number of aliphatic hydroxyl groups is 3. The molecule has 5 heteroatoms. The van der Waals surface area contributed by atoms with E-state index in [0.717, 1.165) is 0 Å². The highest BCUT2D eigenvalue weighted by Gasteiger charge is 2.26. The first-order valence-corrected chi connectivity index (χ1v) is 3.96. The van der Waals surface area contributed by atoms with Gasteiger partial charge in [0.1, 0.15) is 12.1 Å². The van der Waals surface area contributed by atoms with Crippen LogP contribution in [0, 0.1) is 4.91 Å². The van der Waals surface area contributed by atoms with Gasteiger partial charge < -0.3 is 15.3 Å². The van der Waals surface area contributed by atoms with Gasteiger partial charge in [-0.25, -0.2) is 0 Å². The fourth-order valence-corrected chi connectivity index (χ4v) is 0.971. The summed E-state index contributed by atoms with van der Waals surface area (Å²) >= 11 is 0. The molecule has 0 aliphatic heterocycles. The Hall–Kier alpha value is -0.520. The third kappa shape index (κ3) is 3.25. The lowest BCUT2D eigenvalue weighted by Crippen LogP contribution is -2.37. The zero-order chi connectivity index (χ0) is 9.56. The molecule has 3 unspecified atom stereocenters. The van der Waals surface area contributed by atoms with Gasteiger partial charge in [-0.15, -0.1) is 0 Å². The van der Waals surface area contributed by atoms with Crippen LogP contribution in [-0.4, -0.2) is 40.2 Å². The van der Waals surface area contributed by atoms with Gasteiger partial charge in [-0.05, 0) is 6.42 Å². The summed E-state index contributed by atoms with van der Waals surface area (Å²) in [5.74, 6) is 0. The minimum Gasteiger partial charge on any atom is -0.394 e. The van der Waals surface area contributed by atoms with Crippen LogP contribution in [0.1, 0.15) is 19.8 Å². The first kappa shape index (κ1) is 11.5. The van der Waals surface area contributed by atoms with Crippen molar-refractivity contribution in [3.05, 3.63) is 4.91 Å². The maximum absolute atomic E-state index is 10.1. The Balaban J connectivity index is 4.03. The zero-order valence-corrected chi connectivity index (χ0v) is 7.05. The molecule has 0 aliphatic carbocycles. The van der Waals surface area contributed by atoms with Crippen LogP contribution < -0.4 is 0 Å². The summed E-state index contributed by atoms with van der Waals surface area (Å²) in [6.07, 6.45) is -1.13. The monoisotopic (exact) mass is 177 g/mol. The summed E-state index contributed by atoms with van der Waals surface area (Å²) < 4.78 is 0. The molecule has 0 heterocycles. The van der Waals surface area contributed by atoms with Crippen molar-refractivity contribution < 1.29 is 15.3 Å². The molecule has 12 heavy (non-hydrogen) atoms. The van der Waals surface area contributed by atoms with Gasteiger partial charge in [0.2, 0.25) is 0 Å². The zero-order valence-electron chi connectivity index (χ0n) is 7.05. The molecule has 5 nitrogen and oxygen atoms in total. The van der Waals surface area contributed by atoms with E-state index in [9.17, 15) is 10.0 Å². The molecule has 0 saturated carbocycles. The van der Waals surface area contributed by atoms with E-state index in [-0.39, 0.29) is 0 Å². The molecule has 0 radical (unpaired) electrons. The van der Waals surface area contributed by atoms with Crippen molar-refractivity contribution >= 4 is 0 Å². The van der Waals surface area contributed by atoms with Gasteiger partial charge in [0.05, 0.1) is 12.7 Å². The minimum atomic E-state index is -1.26. The van der Waals surface area contributed by atoms with E-state index in [1.807, 2.05) is 6.92 Å². The SMILES string of the molecule is CCCC(O)C(N=O)C(O)CO. The number of hydrogen-bond donors (Lipinski definition) is 3.